The summed E-state index contributed by atoms with van der Waals surface area (Å²) in [6.07, 6.45) is 0. The van der Waals surface area contributed by atoms with Gasteiger partial charge < -0.3 is 10.1 Å². The molecule has 1 aliphatic rings. The zero-order valence-corrected chi connectivity index (χ0v) is 17.9. The van der Waals surface area contributed by atoms with Gasteiger partial charge >= 0.3 is 0 Å². The molecule has 0 bridgehead atoms. The molecule has 150 valence electrons. The standard InChI is InChI=1S/C23H26N2O.2ClH/c1-17-16-25(13-12-24-17)23(20-8-5-9-22(15-20)26-2)21-11-10-18-6-3-4-7-19(18)14-21;;/h3-11,14-15,17,23-24H,12-13,16H2,1-2H3;2*1H. The maximum absolute atomic E-state index is 5.49. The number of rotatable bonds is 4. The lowest BCUT2D eigenvalue weighted by Gasteiger charge is -2.38. The third-order valence-corrected chi connectivity index (χ3v) is 5.26. The molecule has 3 nitrogen and oxygen atoms in total. The monoisotopic (exact) mass is 418 g/mol. The van der Waals surface area contributed by atoms with Gasteiger partial charge in [0, 0.05) is 25.7 Å². The number of nitrogens with one attached hydrogen (secondary N) is 1. The second-order valence-electron chi connectivity index (χ2n) is 7.14. The summed E-state index contributed by atoms with van der Waals surface area (Å²) in [4.78, 5) is 2.58. The van der Waals surface area contributed by atoms with E-state index < -0.39 is 0 Å². The lowest BCUT2D eigenvalue weighted by atomic mass is 9.93. The Kier molecular flexibility index (Phi) is 8.14. The summed E-state index contributed by atoms with van der Waals surface area (Å²) in [5.41, 5.74) is 2.62. The predicted molar refractivity (Wildman–Crippen MR) is 122 cm³/mol. The number of nitrogens with zero attached hydrogens (tertiary/aromatic N) is 1. The Labute approximate surface area is 179 Å². The van der Waals surface area contributed by atoms with Crippen LogP contribution in [0.15, 0.2) is 66.7 Å². The average Bonchev–Trinajstić information content (AvgIpc) is 2.68. The maximum Gasteiger partial charge on any atom is 0.119 e. The number of halogens is 2. The molecule has 0 aliphatic carbocycles. The highest BCUT2D eigenvalue weighted by molar-refractivity contribution is 5.85. The van der Waals surface area contributed by atoms with Gasteiger partial charge in [-0.25, -0.2) is 0 Å². The molecule has 0 spiro atoms. The van der Waals surface area contributed by atoms with Crippen LogP contribution in [0.1, 0.15) is 24.1 Å². The van der Waals surface area contributed by atoms with Crippen LogP contribution in [0.5, 0.6) is 5.75 Å². The van der Waals surface area contributed by atoms with Crippen LogP contribution < -0.4 is 10.1 Å². The molecule has 1 fully saturated rings. The van der Waals surface area contributed by atoms with Crippen LogP contribution in [-0.2, 0) is 0 Å². The average molecular weight is 419 g/mol. The number of methoxy groups -OCH3 is 1. The van der Waals surface area contributed by atoms with Crippen molar-refractivity contribution in [3.8, 4) is 5.75 Å². The lowest BCUT2D eigenvalue weighted by Crippen LogP contribution is -2.50. The first-order chi connectivity index (χ1) is 12.7. The van der Waals surface area contributed by atoms with E-state index in [0.717, 1.165) is 25.4 Å². The van der Waals surface area contributed by atoms with Crippen LogP contribution in [0, 0.1) is 0 Å². The van der Waals surface area contributed by atoms with E-state index >= 15 is 0 Å². The highest BCUT2D eigenvalue weighted by atomic mass is 35.5. The Morgan fingerprint density at radius 3 is 2.43 bits per heavy atom. The Balaban J connectivity index is 0.00000140. The van der Waals surface area contributed by atoms with Crippen LogP contribution in [-0.4, -0.2) is 37.7 Å². The molecule has 2 atom stereocenters. The van der Waals surface area contributed by atoms with Crippen molar-refractivity contribution in [3.05, 3.63) is 77.9 Å². The van der Waals surface area contributed by atoms with E-state index in [1.54, 1.807) is 7.11 Å². The molecule has 3 aromatic rings. The highest BCUT2D eigenvalue weighted by Gasteiger charge is 2.26. The Hall–Kier alpha value is -1.78. The van der Waals surface area contributed by atoms with Gasteiger partial charge in [0.2, 0.25) is 0 Å². The molecule has 0 aromatic heterocycles. The van der Waals surface area contributed by atoms with E-state index in [4.69, 9.17) is 4.74 Å². The van der Waals surface area contributed by atoms with Gasteiger partial charge in [0.1, 0.15) is 5.75 Å². The first kappa shape index (κ1) is 22.5. The lowest BCUT2D eigenvalue weighted by molar-refractivity contribution is 0.170. The van der Waals surface area contributed by atoms with Crippen molar-refractivity contribution in [2.75, 3.05) is 26.7 Å². The van der Waals surface area contributed by atoms with Crippen molar-refractivity contribution in [1.29, 1.82) is 0 Å². The van der Waals surface area contributed by atoms with E-state index in [0.29, 0.717) is 6.04 Å². The minimum atomic E-state index is 0. The number of ether oxygens (including phenoxy) is 1. The van der Waals surface area contributed by atoms with Gasteiger partial charge in [-0.3, -0.25) is 4.90 Å². The van der Waals surface area contributed by atoms with E-state index in [1.807, 2.05) is 6.07 Å². The van der Waals surface area contributed by atoms with E-state index in [1.165, 1.54) is 21.9 Å². The van der Waals surface area contributed by atoms with Crippen molar-refractivity contribution in [1.82, 2.24) is 10.2 Å². The highest BCUT2D eigenvalue weighted by Crippen LogP contribution is 2.33. The van der Waals surface area contributed by atoms with Gasteiger partial charge in [-0.2, -0.15) is 0 Å². The topological polar surface area (TPSA) is 24.5 Å². The molecule has 28 heavy (non-hydrogen) atoms. The third kappa shape index (κ3) is 4.79. The molecule has 0 saturated carbocycles. The van der Waals surface area contributed by atoms with Crippen molar-refractivity contribution in [2.24, 2.45) is 0 Å². The first-order valence-corrected chi connectivity index (χ1v) is 9.34. The fourth-order valence-corrected chi connectivity index (χ4v) is 4.00. The number of piperazine rings is 1. The Morgan fingerprint density at radius 1 is 0.929 bits per heavy atom. The normalized spacial score (nSPS) is 18.0. The molecule has 5 heteroatoms. The summed E-state index contributed by atoms with van der Waals surface area (Å²) in [5, 5.41) is 6.13. The van der Waals surface area contributed by atoms with Crippen molar-refractivity contribution >= 4 is 35.6 Å². The predicted octanol–water partition coefficient (Wildman–Crippen LogP) is 5.08. The number of hydrogen-bond donors (Lipinski definition) is 1. The SMILES string of the molecule is COc1cccc(C(c2ccc3ccccc3c2)N2CCNC(C)C2)c1.Cl.Cl. The van der Waals surface area contributed by atoms with Gasteiger partial charge in [0.05, 0.1) is 13.2 Å². The van der Waals surface area contributed by atoms with Gasteiger partial charge in [-0.1, -0.05) is 48.5 Å². The second kappa shape index (κ2) is 10.1. The van der Waals surface area contributed by atoms with Crippen LogP contribution >= 0.6 is 24.8 Å². The van der Waals surface area contributed by atoms with Gasteiger partial charge in [-0.05, 0) is 47.0 Å². The molecule has 1 aliphatic heterocycles. The number of hydrogen-bond acceptors (Lipinski definition) is 3. The summed E-state index contributed by atoms with van der Waals surface area (Å²) >= 11 is 0. The zero-order chi connectivity index (χ0) is 17.9. The number of fused-ring (bicyclic) bond motifs is 1. The largest absolute Gasteiger partial charge is 0.497 e. The summed E-state index contributed by atoms with van der Waals surface area (Å²) in [6.45, 7) is 5.36. The maximum atomic E-state index is 5.49. The zero-order valence-electron chi connectivity index (χ0n) is 16.3. The summed E-state index contributed by atoms with van der Waals surface area (Å²) in [6, 6.07) is 24.7. The molecule has 1 N–H and O–H groups in total. The van der Waals surface area contributed by atoms with Gasteiger partial charge in [-0.15, -0.1) is 24.8 Å². The third-order valence-electron chi connectivity index (χ3n) is 5.26. The fraction of sp³-hybridized carbons (Fsp3) is 0.304. The first-order valence-electron chi connectivity index (χ1n) is 9.34. The molecule has 0 amide bonds. The molecule has 2 unspecified atom stereocenters. The Morgan fingerprint density at radius 2 is 1.68 bits per heavy atom. The van der Waals surface area contributed by atoms with E-state index in [-0.39, 0.29) is 30.9 Å². The summed E-state index contributed by atoms with van der Waals surface area (Å²) in [7, 11) is 1.73. The molecular formula is C23H28Cl2N2O. The van der Waals surface area contributed by atoms with Crippen molar-refractivity contribution in [3.63, 3.8) is 0 Å². The molecular weight excluding hydrogens is 391 g/mol. The van der Waals surface area contributed by atoms with E-state index in [9.17, 15) is 0 Å². The molecule has 1 saturated heterocycles. The minimum absolute atomic E-state index is 0. The van der Waals surface area contributed by atoms with Crippen molar-refractivity contribution < 1.29 is 4.74 Å². The molecule has 1 heterocycles. The Bertz CT molecular complexity index is 902. The van der Waals surface area contributed by atoms with Crippen LogP contribution in [0.25, 0.3) is 10.8 Å². The second-order valence-corrected chi connectivity index (χ2v) is 7.14. The van der Waals surface area contributed by atoms with E-state index in [2.05, 4.69) is 77.8 Å². The quantitative estimate of drug-likeness (QED) is 0.639. The molecule has 4 rings (SSSR count). The van der Waals surface area contributed by atoms with Crippen LogP contribution in [0.2, 0.25) is 0 Å². The molecule has 3 aromatic carbocycles. The van der Waals surface area contributed by atoms with Gasteiger partial charge in [0.25, 0.3) is 0 Å². The smallest absolute Gasteiger partial charge is 0.119 e. The fourth-order valence-electron chi connectivity index (χ4n) is 4.00. The van der Waals surface area contributed by atoms with Gasteiger partial charge in [0.15, 0.2) is 0 Å². The number of benzene rings is 3. The summed E-state index contributed by atoms with van der Waals surface area (Å²) in [5.74, 6) is 0.913. The van der Waals surface area contributed by atoms with Crippen LogP contribution in [0.3, 0.4) is 0 Å². The molecule has 0 radical (unpaired) electrons. The minimum Gasteiger partial charge on any atom is -0.497 e. The van der Waals surface area contributed by atoms with Crippen LogP contribution in [0.4, 0.5) is 0 Å². The van der Waals surface area contributed by atoms with Crippen molar-refractivity contribution in [2.45, 2.75) is 19.0 Å². The summed E-state index contributed by atoms with van der Waals surface area (Å²) < 4.78 is 5.49.